The lowest BCUT2D eigenvalue weighted by Gasteiger charge is -2.11. The molecular formula is C15H20N4O. The molecule has 0 aliphatic carbocycles. The van der Waals surface area contributed by atoms with Gasteiger partial charge in [-0.3, -0.25) is 9.48 Å². The summed E-state index contributed by atoms with van der Waals surface area (Å²) in [5.74, 6) is -0.150. The van der Waals surface area contributed by atoms with E-state index in [9.17, 15) is 4.79 Å². The summed E-state index contributed by atoms with van der Waals surface area (Å²) in [6.07, 6.45) is 0. The summed E-state index contributed by atoms with van der Waals surface area (Å²) in [6.45, 7) is 3.96. The molecule has 5 heteroatoms. The van der Waals surface area contributed by atoms with E-state index in [1.54, 1.807) is 17.8 Å². The van der Waals surface area contributed by atoms with E-state index >= 15 is 0 Å². The van der Waals surface area contributed by atoms with Crippen LogP contribution in [0.2, 0.25) is 0 Å². The number of nitrogens with zero attached hydrogens (tertiary/aromatic N) is 2. The van der Waals surface area contributed by atoms with E-state index in [2.05, 4.69) is 22.7 Å². The summed E-state index contributed by atoms with van der Waals surface area (Å²) in [5, 5.41) is 10.2. The van der Waals surface area contributed by atoms with Crippen molar-refractivity contribution in [3.63, 3.8) is 0 Å². The first-order valence-electron chi connectivity index (χ1n) is 6.60. The van der Waals surface area contributed by atoms with Crippen LogP contribution in [0.4, 0.5) is 5.69 Å². The number of rotatable bonds is 4. The first-order chi connectivity index (χ1) is 9.51. The van der Waals surface area contributed by atoms with Gasteiger partial charge in [-0.1, -0.05) is 12.1 Å². The van der Waals surface area contributed by atoms with Crippen LogP contribution in [-0.4, -0.2) is 22.7 Å². The molecule has 0 bridgehead atoms. The number of nitrogens with one attached hydrogen (secondary N) is 2. The molecular weight excluding hydrogens is 252 g/mol. The fourth-order valence-corrected chi connectivity index (χ4v) is 2.04. The maximum atomic E-state index is 12.1. The van der Waals surface area contributed by atoms with Crippen molar-refractivity contribution in [2.45, 2.75) is 19.9 Å². The van der Waals surface area contributed by atoms with Crippen molar-refractivity contribution in [3.05, 3.63) is 47.3 Å². The van der Waals surface area contributed by atoms with Crippen LogP contribution in [0.15, 0.2) is 30.3 Å². The second-order valence-corrected chi connectivity index (χ2v) is 4.88. The van der Waals surface area contributed by atoms with Gasteiger partial charge in [0.05, 0.1) is 5.69 Å². The van der Waals surface area contributed by atoms with Crippen LogP contribution in [0.1, 0.15) is 34.7 Å². The molecule has 0 aliphatic heterocycles. The van der Waals surface area contributed by atoms with Gasteiger partial charge in [0.1, 0.15) is 5.69 Å². The molecule has 1 unspecified atom stereocenters. The van der Waals surface area contributed by atoms with Crippen molar-refractivity contribution < 1.29 is 4.79 Å². The highest BCUT2D eigenvalue weighted by Gasteiger charge is 2.12. The summed E-state index contributed by atoms with van der Waals surface area (Å²) in [4.78, 5) is 12.1. The molecule has 0 fully saturated rings. The van der Waals surface area contributed by atoms with Crippen LogP contribution in [-0.2, 0) is 7.05 Å². The van der Waals surface area contributed by atoms with Gasteiger partial charge in [-0.15, -0.1) is 0 Å². The van der Waals surface area contributed by atoms with Crippen molar-refractivity contribution in [2.75, 3.05) is 12.4 Å². The quantitative estimate of drug-likeness (QED) is 0.897. The molecule has 106 valence electrons. The van der Waals surface area contributed by atoms with E-state index in [1.165, 1.54) is 5.56 Å². The fraction of sp³-hybridized carbons (Fsp3) is 0.333. The molecule has 0 saturated heterocycles. The van der Waals surface area contributed by atoms with Crippen LogP contribution in [0.5, 0.6) is 0 Å². The summed E-state index contributed by atoms with van der Waals surface area (Å²) in [5.41, 5.74) is 3.34. The molecule has 1 atom stereocenters. The van der Waals surface area contributed by atoms with E-state index < -0.39 is 0 Å². The van der Waals surface area contributed by atoms with Crippen LogP contribution in [0, 0.1) is 6.92 Å². The lowest BCUT2D eigenvalue weighted by molar-refractivity contribution is 0.101. The molecule has 2 rings (SSSR count). The van der Waals surface area contributed by atoms with Crippen molar-refractivity contribution in [1.29, 1.82) is 0 Å². The smallest absolute Gasteiger partial charge is 0.273 e. The Bertz CT molecular complexity index is 601. The Morgan fingerprint density at radius 3 is 2.45 bits per heavy atom. The van der Waals surface area contributed by atoms with Crippen LogP contribution in [0.25, 0.3) is 0 Å². The normalized spacial score (nSPS) is 12.2. The summed E-state index contributed by atoms with van der Waals surface area (Å²) in [6, 6.07) is 9.89. The zero-order valence-electron chi connectivity index (χ0n) is 12.3. The number of benzene rings is 1. The van der Waals surface area contributed by atoms with Gasteiger partial charge >= 0.3 is 0 Å². The minimum atomic E-state index is -0.150. The number of aryl methyl sites for hydroxylation is 2. The molecule has 5 nitrogen and oxygen atoms in total. The predicted molar refractivity (Wildman–Crippen MR) is 79.8 cm³/mol. The van der Waals surface area contributed by atoms with Crippen molar-refractivity contribution in [3.8, 4) is 0 Å². The van der Waals surface area contributed by atoms with Crippen LogP contribution >= 0.6 is 0 Å². The Balaban J connectivity index is 2.10. The standard InChI is InChI=1S/C15H20N4O/c1-10-9-14(19(4)18-10)15(20)17-13-7-5-12(6-8-13)11(2)16-3/h5-9,11,16H,1-4H3,(H,17,20). The molecule has 2 N–H and O–H groups in total. The van der Waals surface area contributed by atoms with Gasteiger partial charge in [0, 0.05) is 18.8 Å². The molecule has 0 radical (unpaired) electrons. The first kappa shape index (κ1) is 14.3. The number of amides is 1. The largest absolute Gasteiger partial charge is 0.321 e. The third kappa shape index (κ3) is 3.05. The lowest BCUT2D eigenvalue weighted by Crippen LogP contribution is -2.16. The van der Waals surface area contributed by atoms with Gasteiger partial charge in [0.2, 0.25) is 0 Å². The highest BCUT2D eigenvalue weighted by molar-refractivity contribution is 6.03. The maximum absolute atomic E-state index is 12.1. The second-order valence-electron chi connectivity index (χ2n) is 4.88. The van der Waals surface area contributed by atoms with Crippen molar-refractivity contribution in [1.82, 2.24) is 15.1 Å². The average molecular weight is 272 g/mol. The first-order valence-corrected chi connectivity index (χ1v) is 6.60. The van der Waals surface area contributed by atoms with Crippen molar-refractivity contribution >= 4 is 11.6 Å². The zero-order chi connectivity index (χ0) is 14.7. The minimum Gasteiger partial charge on any atom is -0.321 e. The maximum Gasteiger partial charge on any atom is 0.273 e. The minimum absolute atomic E-state index is 0.150. The number of aromatic nitrogens is 2. The van der Waals surface area contributed by atoms with Gasteiger partial charge in [-0.2, -0.15) is 5.10 Å². The molecule has 0 saturated carbocycles. The van der Waals surface area contributed by atoms with Gasteiger partial charge in [0.15, 0.2) is 0 Å². The molecule has 1 aromatic carbocycles. The molecule has 1 heterocycles. The molecule has 0 aliphatic rings. The average Bonchev–Trinajstić information content (AvgIpc) is 2.78. The molecule has 20 heavy (non-hydrogen) atoms. The monoisotopic (exact) mass is 272 g/mol. The van der Waals surface area contributed by atoms with Crippen molar-refractivity contribution in [2.24, 2.45) is 7.05 Å². The highest BCUT2D eigenvalue weighted by atomic mass is 16.2. The summed E-state index contributed by atoms with van der Waals surface area (Å²) in [7, 11) is 3.69. The Morgan fingerprint density at radius 2 is 1.95 bits per heavy atom. The molecule has 2 aromatic rings. The van der Waals surface area contributed by atoms with Crippen LogP contribution < -0.4 is 10.6 Å². The van der Waals surface area contributed by atoms with E-state index in [0.29, 0.717) is 11.7 Å². The Labute approximate surface area is 119 Å². The number of hydrogen-bond acceptors (Lipinski definition) is 3. The molecule has 1 aromatic heterocycles. The Morgan fingerprint density at radius 1 is 1.30 bits per heavy atom. The van der Waals surface area contributed by atoms with E-state index in [4.69, 9.17) is 0 Å². The second kappa shape index (κ2) is 5.88. The summed E-state index contributed by atoms with van der Waals surface area (Å²) >= 11 is 0. The van der Waals surface area contributed by atoms with E-state index in [0.717, 1.165) is 11.4 Å². The third-order valence-electron chi connectivity index (χ3n) is 3.34. The van der Waals surface area contributed by atoms with E-state index in [1.807, 2.05) is 38.2 Å². The van der Waals surface area contributed by atoms with Gasteiger partial charge < -0.3 is 10.6 Å². The Hall–Kier alpha value is -2.14. The SMILES string of the molecule is CNC(C)c1ccc(NC(=O)c2cc(C)nn2C)cc1. The number of anilines is 1. The third-order valence-corrected chi connectivity index (χ3v) is 3.34. The number of carbonyl (C=O) groups excluding carboxylic acids is 1. The van der Waals surface area contributed by atoms with E-state index in [-0.39, 0.29) is 5.91 Å². The van der Waals surface area contributed by atoms with Gasteiger partial charge in [-0.25, -0.2) is 0 Å². The van der Waals surface area contributed by atoms with Gasteiger partial charge in [-0.05, 0) is 44.7 Å². The number of carbonyl (C=O) groups is 1. The Kier molecular flexibility index (Phi) is 4.20. The number of hydrogen-bond donors (Lipinski definition) is 2. The summed E-state index contributed by atoms with van der Waals surface area (Å²) < 4.78 is 1.59. The van der Waals surface area contributed by atoms with Crippen LogP contribution in [0.3, 0.4) is 0 Å². The molecule has 0 spiro atoms. The lowest BCUT2D eigenvalue weighted by atomic mass is 10.1. The predicted octanol–water partition coefficient (Wildman–Crippen LogP) is 2.26. The highest BCUT2D eigenvalue weighted by Crippen LogP contribution is 2.16. The van der Waals surface area contributed by atoms with Gasteiger partial charge in [0.25, 0.3) is 5.91 Å². The fourth-order valence-electron chi connectivity index (χ4n) is 2.04. The molecule has 1 amide bonds. The zero-order valence-corrected chi connectivity index (χ0v) is 12.3. The topological polar surface area (TPSA) is 58.9 Å².